The number of benzene rings is 1. The summed E-state index contributed by atoms with van der Waals surface area (Å²) in [6.45, 7) is 2.34. The predicted octanol–water partition coefficient (Wildman–Crippen LogP) is 3.02. The minimum absolute atomic E-state index is 0.0681. The summed E-state index contributed by atoms with van der Waals surface area (Å²) in [4.78, 5) is 0. The average molecular weight is 211 g/mol. The lowest BCUT2D eigenvalue weighted by atomic mass is 10.2. The Morgan fingerprint density at radius 1 is 1.40 bits per heavy atom. The topological polar surface area (TPSA) is 33.0 Å². The molecule has 0 heterocycles. The molecule has 0 aromatic heterocycles. The van der Waals surface area contributed by atoms with Crippen LogP contribution in [0.2, 0.25) is 0 Å². The quantitative estimate of drug-likeness (QED) is 0.717. The Bertz CT molecular complexity index is 385. The van der Waals surface area contributed by atoms with Crippen molar-refractivity contribution in [1.29, 1.82) is 5.26 Å². The monoisotopic (exact) mass is 211 g/mol. The molecular formula is C11H11F2NO. The zero-order valence-electron chi connectivity index (χ0n) is 8.39. The second kappa shape index (κ2) is 5.30. The molecule has 0 unspecified atom stereocenters. The Labute approximate surface area is 87.1 Å². The summed E-state index contributed by atoms with van der Waals surface area (Å²) in [5.41, 5.74) is -0.594. The predicted molar refractivity (Wildman–Crippen MR) is 51.5 cm³/mol. The maximum atomic E-state index is 13.4. The highest BCUT2D eigenvalue weighted by Gasteiger charge is 2.13. The highest BCUT2D eigenvalue weighted by Crippen LogP contribution is 2.22. The van der Waals surface area contributed by atoms with Gasteiger partial charge in [-0.05, 0) is 18.6 Å². The molecule has 1 aromatic rings. The molecule has 0 saturated heterocycles. The summed E-state index contributed by atoms with van der Waals surface area (Å²) in [5.74, 6) is -1.85. The number of ether oxygens (including phenoxy) is 1. The van der Waals surface area contributed by atoms with Crippen molar-refractivity contribution in [2.75, 3.05) is 6.61 Å². The van der Waals surface area contributed by atoms with Crippen molar-refractivity contribution in [2.24, 2.45) is 0 Å². The van der Waals surface area contributed by atoms with Crippen molar-refractivity contribution >= 4 is 0 Å². The average Bonchev–Trinajstić information content (AvgIpc) is 2.22. The van der Waals surface area contributed by atoms with Crippen LogP contribution in [-0.4, -0.2) is 6.61 Å². The number of unbranched alkanes of at least 4 members (excludes halogenated alkanes) is 1. The summed E-state index contributed by atoms with van der Waals surface area (Å²) in [5, 5.41) is 8.51. The summed E-state index contributed by atoms with van der Waals surface area (Å²) >= 11 is 0. The molecule has 0 bridgehead atoms. The SMILES string of the molecule is CCCCOc1ccc(F)c(C#N)c1F. The molecular weight excluding hydrogens is 200 g/mol. The molecule has 15 heavy (non-hydrogen) atoms. The summed E-state index contributed by atoms with van der Waals surface area (Å²) in [6.07, 6.45) is 1.71. The van der Waals surface area contributed by atoms with E-state index >= 15 is 0 Å². The van der Waals surface area contributed by atoms with Crippen molar-refractivity contribution in [3.05, 3.63) is 29.3 Å². The molecule has 1 aromatic carbocycles. The molecule has 0 aliphatic carbocycles. The molecule has 0 aliphatic heterocycles. The Balaban J connectivity index is 2.87. The van der Waals surface area contributed by atoms with Gasteiger partial charge in [0.2, 0.25) is 0 Å². The normalized spacial score (nSPS) is 9.73. The van der Waals surface area contributed by atoms with Crippen LogP contribution in [-0.2, 0) is 0 Å². The summed E-state index contributed by atoms with van der Waals surface area (Å²) in [7, 11) is 0. The highest BCUT2D eigenvalue weighted by atomic mass is 19.1. The van der Waals surface area contributed by atoms with E-state index in [2.05, 4.69) is 0 Å². The largest absolute Gasteiger partial charge is 0.490 e. The first-order chi connectivity index (χ1) is 7.20. The standard InChI is InChI=1S/C11H11F2NO/c1-2-3-6-15-10-5-4-9(12)8(7-14)11(10)13/h4-5H,2-3,6H2,1H3. The maximum absolute atomic E-state index is 13.4. The van der Waals surface area contributed by atoms with Crippen LogP contribution in [0.5, 0.6) is 5.75 Å². The first-order valence-electron chi connectivity index (χ1n) is 4.71. The van der Waals surface area contributed by atoms with E-state index in [1.165, 1.54) is 12.1 Å². The lowest BCUT2D eigenvalue weighted by Gasteiger charge is -2.07. The van der Waals surface area contributed by atoms with Gasteiger partial charge in [0.15, 0.2) is 11.6 Å². The van der Waals surface area contributed by atoms with Crippen LogP contribution in [0.15, 0.2) is 12.1 Å². The van der Waals surface area contributed by atoms with Gasteiger partial charge in [0, 0.05) is 0 Å². The Morgan fingerprint density at radius 3 is 2.73 bits per heavy atom. The van der Waals surface area contributed by atoms with Crippen molar-refractivity contribution in [1.82, 2.24) is 0 Å². The summed E-state index contributed by atoms with van der Waals surface area (Å²) < 4.78 is 31.4. The molecule has 0 aliphatic rings. The molecule has 0 N–H and O–H groups in total. The van der Waals surface area contributed by atoms with Crippen LogP contribution < -0.4 is 4.74 Å². The van der Waals surface area contributed by atoms with E-state index in [1.54, 1.807) is 0 Å². The Hall–Kier alpha value is -1.63. The third kappa shape index (κ3) is 2.66. The zero-order valence-corrected chi connectivity index (χ0v) is 8.39. The van der Waals surface area contributed by atoms with Crippen molar-refractivity contribution < 1.29 is 13.5 Å². The number of halogens is 2. The van der Waals surface area contributed by atoms with E-state index in [9.17, 15) is 8.78 Å². The molecule has 0 fully saturated rings. The highest BCUT2D eigenvalue weighted by molar-refractivity contribution is 5.39. The number of hydrogen-bond acceptors (Lipinski definition) is 2. The van der Waals surface area contributed by atoms with E-state index < -0.39 is 17.2 Å². The molecule has 0 atom stereocenters. The fourth-order valence-electron chi connectivity index (χ4n) is 1.07. The molecule has 4 heteroatoms. The van der Waals surface area contributed by atoms with Gasteiger partial charge in [0.25, 0.3) is 0 Å². The lowest BCUT2D eigenvalue weighted by molar-refractivity contribution is 0.293. The smallest absolute Gasteiger partial charge is 0.185 e. The number of nitrogens with zero attached hydrogens (tertiary/aromatic N) is 1. The van der Waals surface area contributed by atoms with Crippen LogP contribution in [0.1, 0.15) is 25.3 Å². The van der Waals surface area contributed by atoms with Gasteiger partial charge in [0.05, 0.1) is 6.61 Å². The van der Waals surface area contributed by atoms with Gasteiger partial charge in [-0.2, -0.15) is 5.26 Å². The minimum atomic E-state index is -0.923. The van der Waals surface area contributed by atoms with Crippen molar-refractivity contribution in [3.63, 3.8) is 0 Å². The first kappa shape index (κ1) is 11.4. The van der Waals surface area contributed by atoms with Crippen LogP contribution in [0, 0.1) is 23.0 Å². The molecule has 0 radical (unpaired) electrons. The van der Waals surface area contributed by atoms with Gasteiger partial charge in [-0.1, -0.05) is 13.3 Å². The van der Waals surface area contributed by atoms with E-state index in [4.69, 9.17) is 10.00 Å². The second-order valence-electron chi connectivity index (χ2n) is 3.05. The third-order valence-corrected chi connectivity index (χ3v) is 1.92. The molecule has 1 rings (SSSR count). The third-order valence-electron chi connectivity index (χ3n) is 1.92. The first-order valence-corrected chi connectivity index (χ1v) is 4.71. The van der Waals surface area contributed by atoms with Gasteiger partial charge in [-0.3, -0.25) is 0 Å². The Morgan fingerprint density at radius 2 is 2.13 bits per heavy atom. The van der Waals surface area contributed by atoms with E-state index in [-0.39, 0.29) is 5.75 Å². The summed E-state index contributed by atoms with van der Waals surface area (Å²) in [6, 6.07) is 3.69. The number of rotatable bonds is 4. The molecule has 0 spiro atoms. The number of nitriles is 1. The Kier molecular flexibility index (Phi) is 4.04. The fourth-order valence-corrected chi connectivity index (χ4v) is 1.07. The van der Waals surface area contributed by atoms with Gasteiger partial charge in [-0.15, -0.1) is 0 Å². The molecule has 80 valence electrons. The van der Waals surface area contributed by atoms with E-state index in [0.29, 0.717) is 6.61 Å². The minimum Gasteiger partial charge on any atom is -0.490 e. The van der Waals surface area contributed by atoms with Crippen LogP contribution in [0.25, 0.3) is 0 Å². The van der Waals surface area contributed by atoms with Crippen LogP contribution in [0.4, 0.5) is 8.78 Å². The second-order valence-corrected chi connectivity index (χ2v) is 3.05. The molecule has 0 amide bonds. The van der Waals surface area contributed by atoms with Crippen molar-refractivity contribution in [3.8, 4) is 11.8 Å². The van der Waals surface area contributed by atoms with Crippen LogP contribution >= 0.6 is 0 Å². The zero-order chi connectivity index (χ0) is 11.3. The van der Waals surface area contributed by atoms with Crippen molar-refractivity contribution in [2.45, 2.75) is 19.8 Å². The fraction of sp³-hybridized carbons (Fsp3) is 0.364. The molecule has 2 nitrogen and oxygen atoms in total. The van der Waals surface area contributed by atoms with Gasteiger partial charge in [0.1, 0.15) is 17.4 Å². The maximum Gasteiger partial charge on any atom is 0.185 e. The number of hydrogen-bond donors (Lipinski definition) is 0. The van der Waals surface area contributed by atoms with E-state index in [0.717, 1.165) is 18.9 Å². The van der Waals surface area contributed by atoms with Gasteiger partial charge in [-0.25, -0.2) is 8.78 Å². The lowest BCUT2D eigenvalue weighted by Crippen LogP contribution is -2.01. The van der Waals surface area contributed by atoms with E-state index in [1.807, 2.05) is 6.92 Å². The van der Waals surface area contributed by atoms with Crippen LogP contribution in [0.3, 0.4) is 0 Å². The van der Waals surface area contributed by atoms with Gasteiger partial charge < -0.3 is 4.74 Å². The van der Waals surface area contributed by atoms with Gasteiger partial charge >= 0.3 is 0 Å². The molecule has 0 saturated carbocycles.